The maximum absolute atomic E-state index is 12.0. The number of nitrogens with zero attached hydrogens (tertiary/aromatic N) is 1. The topological polar surface area (TPSA) is 50.7 Å². The van der Waals surface area contributed by atoms with E-state index < -0.39 is 0 Å². The molecule has 3 aromatic rings. The van der Waals surface area contributed by atoms with Crippen LogP contribution >= 0.6 is 27.5 Å². The summed E-state index contributed by atoms with van der Waals surface area (Å²) in [6.45, 7) is 2.35. The van der Waals surface area contributed by atoms with Crippen LogP contribution in [-0.4, -0.2) is 12.1 Å². The Hall–Kier alpha value is -2.63. The van der Waals surface area contributed by atoms with E-state index in [1.165, 1.54) is 0 Å². The molecule has 142 valence electrons. The van der Waals surface area contributed by atoms with E-state index in [1.807, 2.05) is 61.5 Å². The van der Waals surface area contributed by atoms with Crippen LogP contribution in [-0.2, 0) is 6.61 Å². The number of hydrogen-bond donors (Lipinski definition) is 1. The van der Waals surface area contributed by atoms with Gasteiger partial charge in [0, 0.05) is 16.1 Å². The second kappa shape index (κ2) is 9.53. The number of hydrogen-bond acceptors (Lipinski definition) is 3. The fraction of sp³-hybridized carbons (Fsp3) is 0.0909. The standard InChI is InChI=1S/C22H18BrClN2O2/c1-15-6-9-17(10-7-15)22(27)26-25-13-16-8-11-21(19(23)12-16)28-14-18-4-2-3-5-20(18)24/h2-13H,14H2,1H3,(H,26,27)/b25-13-. The van der Waals surface area contributed by atoms with Gasteiger partial charge in [-0.2, -0.15) is 5.10 Å². The summed E-state index contributed by atoms with van der Waals surface area (Å²) in [5, 5.41) is 4.69. The van der Waals surface area contributed by atoms with Crippen LogP contribution in [0.2, 0.25) is 5.02 Å². The lowest BCUT2D eigenvalue weighted by Crippen LogP contribution is -2.17. The lowest BCUT2D eigenvalue weighted by Gasteiger charge is -2.10. The highest BCUT2D eigenvalue weighted by molar-refractivity contribution is 9.10. The molecular weight excluding hydrogens is 440 g/mol. The second-order valence-corrected chi connectivity index (χ2v) is 7.40. The van der Waals surface area contributed by atoms with Crippen LogP contribution in [0.5, 0.6) is 5.75 Å². The van der Waals surface area contributed by atoms with Crippen LogP contribution in [0.3, 0.4) is 0 Å². The van der Waals surface area contributed by atoms with Gasteiger partial charge in [0.15, 0.2) is 0 Å². The van der Waals surface area contributed by atoms with Crippen molar-refractivity contribution in [2.45, 2.75) is 13.5 Å². The van der Waals surface area contributed by atoms with E-state index in [2.05, 4.69) is 26.5 Å². The lowest BCUT2D eigenvalue weighted by molar-refractivity contribution is 0.0955. The minimum Gasteiger partial charge on any atom is -0.488 e. The van der Waals surface area contributed by atoms with Crippen LogP contribution in [0.15, 0.2) is 76.3 Å². The molecule has 0 atom stereocenters. The van der Waals surface area contributed by atoms with Crippen LogP contribution < -0.4 is 10.2 Å². The van der Waals surface area contributed by atoms with Gasteiger partial charge in [0.05, 0.1) is 10.7 Å². The molecule has 0 aliphatic carbocycles. The number of nitrogens with one attached hydrogen (secondary N) is 1. The van der Waals surface area contributed by atoms with Gasteiger partial charge in [-0.1, -0.05) is 47.5 Å². The van der Waals surface area contributed by atoms with Crippen molar-refractivity contribution in [1.29, 1.82) is 0 Å². The second-order valence-electron chi connectivity index (χ2n) is 6.14. The predicted molar refractivity (Wildman–Crippen MR) is 116 cm³/mol. The van der Waals surface area contributed by atoms with E-state index in [-0.39, 0.29) is 5.91 Å². The third kappa shape index (κ3) is 5.44. The third-order valence-corrected chi connectivity index (χ3v) is 4.98. The lowest BCUT2D eigenvalue weighted by atomic mass is 10.1. The van der Waals surface area contributed by atoms with Gasteiger partial charge in [-0.15, -0.1) is 0 Å². The van der Waals surface area contributed by atoms with Gasteiger partial charge < -0.3 is 4.74 Å². The molecule has 1 N–H and O–H groups in total. The van der Waals surface area contributed by atoms with Crippen molar-refractivity contribution in [3.63, 3.8) is 0 Å². The maximum Gasteiger partial charge on any atom is 0.271 e. The normalized spacial score (nSPS) is 10.8. The number of amides is 1. The van der Waals surface area contributed by atoms with Gasteiger partial charge in [0.25, 0.3) is 5.91 Å². The fourth-order valence-electron chi connectivity index (χ4n) is 2.42. The zero-order chi connectivity index (χ0) is 19.9. The molecule has 1 amide bonds. The molecule has 0 saturated heterocycles. The monoisotopic (exact) mass is 456 g/mol. The van der Waals surface area contributed by atoms with Gasteiger partial charge in [-0.05, 0) is 64.8 Å². The Labute approximate surface area is 177 Å². The van der Waals surface area contributed by atoms with E-state index in [0.29, 0.717) is 22.9 Å². The number of rotatable bonds is 6. The van der Waals surface area contributed by atoms with Crippen molar-refractivity contribution in [2.75, 3.05) is 0 Å². The van der Waals surface area contributed by atoms with Crippen molar-refractivity contribution in [2.24, 2.45) is 5.10 Å². The van der Waals surface area contributed by atoms with Gasteiger partial charge in [-0.25, -0.2) is 5.43 Å². The first kappa shape index (κ1) is 20.1. The summed E-state index contributed by atoms with van der Waals surface area (Å²) < 4.78 is 6.61. The molecule has 0 aliphatic rings. The zero-order valence-electron chi connectivity index (χ0n) is 15.2. The number of aryl methyl sites for hydroxylation is 1. The molecule has 0 saturated carbocycles. The summed E-state index contributed by atoms with van der Waals surface area (Å²) in [4.78, 5) is 12.0. The Morgan fingerprint density at radius 3 is 2.61 bits per heavy atom. The number of ether oxygens (including phenoxy) is 1. The molecule has 0 unspecified atom stereocenters. The van der Waals surface area contributed by atoms with E-state index in [1.54, 1.807) is 18.3 Å². The molecule has 0 heterocycles. The Balaban J connectivity index is 1.59. The molecule has 6 heteroatoms. The summed E-state index contributed by atoms with van der Waals surface area (Å²) in [5.41, 5.74) is 5.92. The van der Waals surface area contributed by atoms with Crippen LogP contribution in [0.4, 0.5) is 0 Å². The average molecular weight is 458 g/mol. The first-order valence-corrected chi connectivity index (χ1v) is 9.76. The van der Waals surface area contributed by atoms with Crippen LogP contribution in [0, 0.1) is 6.92 Å². The number of benzene rings is 3. The van der Waals surface area contributed by atoms with Crippen molar-refractivity contribution in [1.82, 2.24) is 5.43 Å². The fourth-order valence-corrected chi connectivity index (χ4v) is 3.12. The summed E-state index contributed by atoms with van der Waals surface area (Å²) in [5.74, 6) is 0.441. The Bertz CT molecular complexity index is 1000. The minimum absolute atomic E-state index is 0.255. The third-order valence-electron chi connectivity index (χ3n) is 3.99. The molecule has 28 heavy (non-hydrogen) atoms. The van der Waals surface area contributed by atoms with Gasteiger partial charge in [0.2, 0.25) is 0 Å². The summed E-state index contributed by atoms with van der Waals surface area (Å²) >= 11 is 9.64. The molecule has 3 aromatic carbocycles. The number of carbonyl (C=O) groups is 1. The van der Waals surface area contributed by atoms with Crippen molar-refractivity contribution in [3.8, 4) is 5.75 Å². The smallest absolute Gasteiger partial charge is 0.271 e. The van der Waals surface area contributed by atoms with Gasteiger partial charge in [-0.3, -0.25) is 4.79 Å². The highest BCUT2D eigenvalue weighted by atomic mass is 79.9. The van der Waals surface area contributed by atoms with Crippen LogP contribution in [0.25, 0.3) is 0 Å². The number of hydrazone groups is 1. The average Bonchev–Trinajstić information content (AvgIpc) is 2.69. The summed E-state index contributed by atoms with van der Waals surface area (Å²) in [7, 11) is 0. The molecule has 0 radical (unpaired) electrons. The number of carbonyl (C=O) groups excluding carboxylic acids is 1. The number of halogens is 2. The molecule has 0 aliphatic heterocycles. The molecule has 0 aromatic heterocycles. The first-order valence-electron chi connectivity index (χ1n) is 8.59. The minimum atomic E-state index is -0.255. The quantitative estimate of drug-likeness (QED) is 0.378. The predicted octanol–water partition coefficient (Wildman–Crippen LogP) is 5.75. The van der Waals surface area contributed by atoms with E-state index in [4.69, 9.17) is 16.3 Å². The van der Waals surface area contributed by atoms with Gasteiger partial charge in [0.1, 0.15) is 12.4 Å². The van der Waals surface area contributed by atoms with Crippen molar-refractivity contribution < 1.29 is 9.53 Å². The van der Waals surface area contributed by atoms with Crippen molar-refractivity contribution in [3.05, 3.63) is 98.5 Å². The Morgan fingerprint density at radius 2 is 1.89 bits per heavy atom. The molecule has 0 fully saturated rings. The van der Waals surface area contributed by atoms with Gasteiger partial charge >= 0.3 is 0 Å². The molecule has 4 nitrogen and oxygen atoms in total. The van der Waals surface area contributed by atoms with E-state index in [0.717, 1.165) is 21.2 Å². The first-order chi connectivity index (χ1) is 13.5. The summed E-state index contributed by atoms with van der Waals surface area (Å²) in [6.07, 6.45) is 1.58. The van der Waals surface area contributed by atoms with E-state index in [9.17, 15) is 4.79 Å². The maximum atomic E-state index is 12.0. The molecule has 0 spiro atoms. The largest absolute Gasteiger partial charge is 0.488 e. The molecule has 0 bridgehead atoms. The Kier molecular flexibility index (Phi) is 6.85. The zero-order valence-corrected chi connectivity index (χ0v) is 17.5. The van der Waals surface area contributed by atoms with Crippen molar-refractivity contribution >= 4 is 39.7 Å². The summed E-state index contributed by atoms with van der Waals surface area (Å²) in [6, 6.07) is 20.4. The highest BCUT2D eigenvalue weighted by Crippen LogP contribution is 2.27. The Morgan fingerprint density at radius 1 is 1.14 bits per heavy atom. The van der Waals surface area contributed by atoms with Crippen LogP contribution in [0.1, 0.15) is 27.0 Å². The molecular formula is C22H18BrClN2O2. The van der Waals surface area contributed by atoms with E-state index >= 15 is 0 Å². The molecule has 3 rings (SSSR count). The SMILES string of the molecule is Cc1ccc(C(=O)N/N=C\c2ccc(OCc3ccccc3Cl)c(Br)c2)cc1. The highest BCUT2D eigenvalue weighted by Gasteiger charge is 2.06.